The number of aryl methyl sites for hydroxylation is 1. The zero-order chi connectivity index (χ0) is 12.2. The van der Waals surface area contributed by atoms with Crippen LogP contribution in [0.5, 0.6) is 0 Å². The molecule has 4 nitrogen and oxygen atoms in total. The molecule has 92 valence electrons. The van der Waals surface area contributed by atoms with E-state index in [1.807, 2.05) is 31.5 Å². The summed E-state index contributed by atoms with van der Waals surface area (Å²) < 4.78 is 1.98. The van der Waals surface area contributed by atoms with Gasteiger partial charge in [-0.25, -0.2) is 4.98 Å². The summed E-state index contributed by atoms with van der Waals surface area (Å²) in [6.07, 6.45) is 4.37. The highest BCUT2D eigenvalue weighted by molar-refractivity contribution is 4.98. The van der Waals surface area contributed by atoms with E-state index in [2.05, 4.69) is 4.98 Å². The number of aliphatic hydroxyl groups excluding tert-OH is 1. The lowest BCUT2D eigenvalue weighted by molar-refractivity contribution is -0.0799. The van der Waals surface area contributed by atoms with E-state index in [1.165, 1.54) is 0 Å². The van der Waals surface area contributed by atoms with Crippen LogP contribution in [0.1, 0.15) is 39.4 Å². The highest BCUT2D eigenvalue weighted by atomic mass is 16.3. The third-order valence-corrected chi connectivity index (χ3v) is 3.36. The molecule has 1 atom stereocenters. The Kier molecular flexibility index (Phi) is 4.50. The number of aliphatic hydroxyl groups is 2. The first-order valence-corrected chi connectivity index (χ1v) is 5.97. The predicted octanol–water partition coefficient (Wildman–Crippen LogP) is 1.36. The van der Waals surface area contributed by atoms with Crippen molar-refractivity contribution in [2.45, 2.75) is 58.3 Å². The summed E-state index contributed by atoms with van der Waals surface area (Å²) in [5.41, 5.74) is -0.996. The normalized spacial score (nSPS) is 14.1. The SMILES string of the molecule is CCn1ccnc1CC(O)C(O)(CC)CC. The van der Waals surface area contributed by atoms with Crippen LogP contribution in [-0.2, 0) is 13.0 Å². The lowest BCUT2D eigenvalue weighted by Crippen LogP contribution is -2.42. The summed E-state index contributed by atoms with van der Waals surface area (Å²) in [5.74, 6) is 0.829. The molecule has 0 radical (unpaired) electrons. The summed E-state index contributed by atoms with van der Waals surface area (Å²) in [6, 6.07) is 0. The van der Waals surface area contributed by atoms with Crippen LogP contribution in [-0.4, -0.2) is 31.5 Å². The second-order valence-electron chi connectivity index (χ2n) is 4.16. The van der Waals surface area contributed by atoms with Crippen molar-refractivity contribution in [3.8, 4) is 0 Å². The van der Waals surface area contributed by atoms with Gasteiger partial charge in [0.1, 0.15) is 5.82 Å². The Bertz CT molecular complexity index is 319. The molecule has 1 aromatic heterocycles. The third kappa shape index (κ3) is 2.62. The molecule has 16 heavy (non-hydrogen) atoms. The molecule has 0 aliphatic heterocycles. The first-order chi connectivity index (χ1) is 7.57. The smallest absolute Gasteiger partial charge is 0.111 e. The summed E-state index contributed by atoms with van der Waals surface area (Å²) in [6.45, 7) is 6.64. The summed E-state index contributed by atoms with van der Waals surface area (Å²) in [5, 5.41) is 20.2. The Hall–Kier alpha value is -0.870. The molecule has 2 N–H and O–H groups in total. The van der Waals surface area contributed by atoms with Crippen molar-refractivity contribution in [3.05, 3.63) is 18.2 Å². The Balaban J connectivity index is 2.74. The van der Waals surface area contributed by atoms with Gasteiger partial charge in [-0.15, -0.1) is 0 Å². The van der Waals surface area contributed by atoms with Crippen LogP contribution in [0.25, 0.3) is 0 Å². The second kappa shape index (κ2) is 5.46. The quantitative estimate of drug-likeness (QED) is 0.770. The van der Waals surface area contributed by atoms with Crippen LogP contribution in [0.2, 0.25) is 0 Å². The van der Waals surface area contributed by atoms with Crippen molar-refractivity contribution in [3.63, 3.8) is 0 Å². The van der Waals surface area contributed by atoms with Gasteiger partial charge in [0.05, 0.1) is 11.7 Å². The third-order valence-electron chi connectivity index (χ3n) is 3.36. The average Bonchev–Trinajstić information content (AvgIpc) is 2.75. The zero-order valence-electron chi connectivity index (χ0n) is 10.3. The number of rotatable bonds is 6. The van der Waals surface area contributed by atoms with E-state index >= 15 is 0 Å². The first kappa shape index (κ1) is 13.2. The topological polar surface area (TPSA) is 58.3 Å². The van der Waals surface area contributed by atoms with Gasteiger partial charge in [-0.1, -0.05) is 13.8 Å². The molecule has 0 saturated carbocycles. The van der Waals surface area contributed by atoms with E-state index < -0.39 is 11.7 Å². The average molecular weight is 226 g/mol. The fourth-order valence-electron chi connectivity index (χ4n) is 1.90. The van der Waals surface area contributed by atoms with Gasteiger partial charge in [-0.05, 0) is 19.8 Å². The molecule has 1 unspecified atom stereocenters. The van der Waals surface area contributed by atoms with Crippen molar-refractivity contribution in [2.75, 3.05) is 0 Å². The van der Waals surface area contributed by atoms with Gasteiger partial charge in [-0.3, -0.25) is 0 Å². The molecule has 0 spiro atoms. The lowest BCUT2D eigenvalue weighted by atomic mass is 9.88. The van der Waals surface area contributed by atoms with Crippen molar-refractivity contribution >= 4 is 0 Å². The van der Waals surface area contributed by atoms with Gasteiger partial charge in [0.15, 0.2) is 0 Å². The minimum absolute atomic E-state index is 0.402. The fraction of sp³-hybridized carbons (Fsp3) is 0.750. The van der Waals surface area contributed by atoms with Crippen molar-refractivity contribution in [1.82, 2.24) is 9.55 Å². The minimum atomic E-state index is -0.996. The van der Waals surface area contributed by atoms with E-state index in [9.17, 15) is 10.2 Å². The van der Waals surface area contributed by atoms with Crippen LogP contribution >= 0.6 is 0 Å². The van der Waals surface area contributed by atoms with Crippen molar-refractivity contribution in [2.24, 2.45) is 0 Å². The van der Waals surface area contributed by atoms with E-state index in [-0.39, 0.29) is 0 Å². The molecule has 1 heterocycles. The Morgan fingerprint density at radius 3 is 2.50 bits per heavy atom. The fourth-order valence-corrected chi connectivity index (χ4v) is 1.90. The maximum atomic E-state index is 10.2. The van der Waals surface area contributed by atoms with Crippen LogP contribution in [0.4, 0.5) is 0 Å². The number of hydrogen-bond donors (Lipinski definition) is 2. The molecule has 0 saturated heterocycles. The first-order valence-electron chi connectivity index (χ1n) is 5.97. The molecule has 0 amide bonds. The molecule has 0 aliphatic rings. The molecule has 0 bridgehead atoms. The lowest BCUT2D eigenvalue weighted by Gasteiger charge is -2.30. The minimum Gasteiger partial charge on any atom is -0.390 e. The van der Waals surface area contributed by atoms with Gasteiger partial charge in [-0.2, -0.15) is 0 Å². The molecule has 4 heteroatoms. The summed E-state index contributed by atoms with van der Waals surface area (Å²) in [7, 11) is 0. The van der Waals surface area contributed by atoms with Gasteiger partial charge in [0.2, 0.25) is 0 Å². The van der Waals surface area contributed by atoms with Crippen molar-refractivity contribution < 1.29 is 10.2 Å². The predicted molar refractivity (Wildman–Crippen MR) is 63.1 cm³/mol. The van der Waals surface area contributed by atoms with Crippen LogP contribution in [0.3, 0.4) is 0 Å². The van der Waals surface area contributed by atoms with Gasteiger partial charge < -0.3 is 14.8 Å². The maximum Gasteiger partial charge on any atom is 0.111 e. The highest BCUT2D eigenvalue weighted by Crippen LogP contribution is 2.22. The zero-order valence-corrected chi connectivity index (χ0v) is 10.3. The van der Waals surface area contributed by atoms with E-state index in [1.54, 1.807) is 6.20 Å². The highest BCUT2D eigenvalue weighted by Gasteiger charge is 2.32. The van der Waals surface area contributed by atoms with Gasteiger partial charge >= 0.3 is 0 Å². The van der Waals surface area contributed by atoms with Gasteiger partial charge in [0.25, 0.3) is 0 Å². The number of imidazole rings is 1. The molecular formula is C12H22N2O2. The molecular weight excluding hydrogens is 204 g/mol. The van der Waals surface area contributed by atoms with Crippen LogP contribution < -0.4 is 0 Å². The number of aromatic nitrogens is 2. The van der Waals surface area contributed by atoms with Crippen molar-refractivity contribution in [1.29, 1.82) is 0 Å². The van der Waals surface area contributed by atoms with E-state index in [4.69, 9.17) is 0 Å². The van der Waals surface area contributed by atoms with E-state index in [0.717, 1.165) is 12.4 Å². The van der Waals surface area contributed by atoms with Crippen LogP contribution in [0.15, 0.2) is 12.4 Å². The monoisotopic (exact) mass is 226 g/mol. The number of hydrogen-bond acceptors (Lipinski definition) is 3. The van der Waals surface area contributed by atoms with Gasteiger partial charge in [0, 0.05) is 25.4 Å². The standard InChI is InChI=1S/C12H22N2O2/c1-4-12(16,5-2)10(15)9-11-13-7-8-14(11)6-3/h7-8,10,15-16H,4-6,9H2,1-3H3. The molecule has 0 fully saturated rings. The summed E-state index contributed by atoms with van der Waals surface area (Å²) >= 11 is 0. The Labute approximate surface area is 96.9 Å². The molecule has 1 rings (SSSR count). The van der Waals surface area contributed by atoms with E-state index in [0.29, 0.717) is 19.3 Å². The molecule has 0 aliphatic carbocycles. The molecule has 0 aromatic carbocycles. The summed E-state index contributed by atoms with van der Waals surface area (Å²) in [4.78, 5) is 4.20. The Morgan fingerprint density at radius 1 is 1.38 bits per heavy atom. The largest absolute Gasteiger partial charge is 0.390 e. The maximum absolute atomic E-state index is 10.2. The molecule has 1 aromatic rings. The number of nitrogens with zero attached hydrogens (tertiary/aromatic N) is 2. The second-order valence-corrected chi connectivity index (χ2v) is 4.16. The van der Waals surface area contributed by atoms with Crippen LogP contribution in [0, 0.1) is 0 Å². The Morgan fingerprint density at radius 2 is 2.00 bits per heavy atom.